The van der Waals surface area contributed by atoms with E-state index in [2.05, 4.69) is 21.0 Å². The SMILES string of the molecule is NCCc1nc(C2CC2)c2cc[nH]c2n1. The molecule has 3 rings (SSSR count). The molecule has 0 bridgehead atoms. The van der Waals surface area contributed by atoms with Crippen LogP contribution in [0.25, 0.3) is 11.0 Å². The van der Waals surface area contributed by atoms with E-state index in [-0.39, 0.29) is 0 Å². The summed E-state index contributed by atoms with van der Waals surface area (Å²) in [6.07, 6.45) is 5.21. The van der Waals surface area contributed by atoms with Crippen molar-refractivity contribution in [2.45, 2.75) is 25.2 Å². The summed E-state index contributed by atoms with van der Waals surface area (Å²) < 4.78 is 0. The van der Waals surface area contributed by atoms with Crippen molar-refractivity contribution < 1.29 is 0 Å². The van der Waals surface area contributed by atoms with Crippen molar-refractivity contribution in [3.63, 3.8) is 0 Å². The smallest absolute Gasteiger partial charge is 0.141 e. The third kappa shape index (κ3) is 1.51. The van der Waals surface area contributed by atoms with Crippen LogP contribution in [-0.2, 0) is 6.42 Å². The van der Waals surface area contributed by atoms with Gasteiger partial charge in [-0.15, -0.1) is 0 Å². The molecule has 1 aliphatic rings. The lowest BCUT2D eigenvalue weighted by molar-refractivity contribution is 0.851. The Balaban J connectivity index is 2.15. The summed E-state index contributed by atoms with van der Waals surface area (Å²) >= 11 is 0. The van der Waals surface area contributed by atoms with Gasteiger partial charge < -0.3 is 10.7 Å². The fourth-order valence-corrected chi connectivity index (χ4v) is 1.92. The topological polar surface area (TPSA) is 67.6 Å². The molecule has 0 radical (unpaired) electrons. The number of nitrogens with one attached hydrogen (secondary N) is 1. The van der Waals surface area contributed by atoms with Crippen LogP contribution >= 0.6 is 0 Å². The number of hydrogen-bond acceptors (Lipinski definition) is 3. The van der Waals surface area contributed by atoms with Crippen molar-refractivity contribution >= 4 is 11.0 Å². The monoisotopic (exact) mass is 202 g/mol. The molecule has 4 nitrogen and oxygen atoms in total. The predicted octanol–water partition coefficient (Wildman–Crippen LogP) is 1.34. The molecule has 0 spiro atoms. The van der Waals surface area contributed by atoms with Gasteiger partial charge in [0, 0.05) is 23.9 Å². The van der Waals surface area contributed by atoms with Gasteiger partial charge in [-0.2, -0.15) is 0 Å². The molecule has 2 heterocycles. The zero-order valence-electron chi connectivity index (χ0n) is 8.53. The summed E-state index contributed by atoms with van der Waals surface area (Å²) in [5.41, 5.74) is 7.70. The molecule has 0 aromatic carbocycles. The maximum absolute atomic E-state index is 5.53. The number of fused-ring (bicyclic) bond motifs is 1. The Hall–Kier alpha value is -1.42. The maximum atomic E-state index is 5.53. The first-order valence-electron chi connectivity index (χ1n) is 5.42. The van der Waals surface area contributed by atoms with Gasteiger partial charge >= 0.3 is 0 Å². The highest BCUT2D eigenvalue weighted by Gasteiger charge is 2.27. The first-order chi connectivity index (χ1) is 7.38. The minimum Gasteiger partial charge on any atom is -0.346 e. The van der Waals surface area contributed by atoms with E-state index in [0.29, 0.717) is 12.5 Å². The normalized spacial score (nSPS) is 16.1. The minimum atomic E-state index is 0.607. The molecule has 1 aliphatic carbocycles. The van der Waals surface area contributed by atoms with Gasteiger partial charge in [-0.25, -0.2) is 9.97 Å². The standard InChI is InChI=1S/C11H14N4/c12-5-3-9-14-10(7-1-2-7)8-4-6-13-11(8)15-9/h4,6-7H,1-3,5,12H2,(H,13,14,15). The Bertz CT molecular complexity index is 484. The minimum absolute atomic E-state index is 0.607. The van der Waals surface area contributed by atoms with Crippen LogP contribution in [-0.4, -0.2) is 21.5 Å². The van der Waals surface area contributed by atoms with E-state index in [1.807, 2.05) is 6.20 Å². The van der Waals surface area contributed by atoms with Crippen LogP contribution in [0, 0.1) is 0 Å². The maximum Gasteiger partial charge on any atom is 0.141 e. The number of nitrogens with two attached hydrogens (primary N) is 1. The van der Waals surface area contributed by atoms with E-state index in [0.717, 1.165) is 17.9 Å². The van der Waals surface area contributed by atoms with Crippen LogP contribution in [0.4, 0.5) is 0 Å². The predicted molar refractivity (Wildman–Crippen MR) is 58.6 cm³/mol. The number of nitrogens with zero attached hydrogens (tertiary/aromatic N) is 2. The van der Waals surface area contributed by atoms with Crippen molar-refractivity contribution in [3.8, 4) is 0 Å². The lowest BCUT2D eigenvalue weighted by Gasteiger charge is -2.03. The van der Waals surface area contributed by atoms with Crippen LogP contribution < -0.4 is 5.73 Å². The van der Waals surface area contributed by atoms with E-state index in [1.54, 1.807) is 0 Å². The van der Waals surface area contributed by atoms with Gasteiger partial charge in [0.05, 0.1) is 5.69 Å². The molecule has 2 aromatic heterocycles. The van der Waals surface area contributed by atoms with E-state index < -0.39 is 0 Å². The molecule has 0 aliphatic heterocycles. The fraction of sp³-hybridized carbons (Fsp3) is 0.455. The van der Waals surface area contributed by atoms with Crippen LogP contribution in [0.1, 0.15) is 30.3 Å². The molecule has 1 saturated carbocycles. The van der Waals surface area contributed by atoms with Crippen molar-refractivity contribution in [2.75, 3.05) is 6.54 Å². The Morgan fingerprint density at radius 3 is 3.00 bits per heavy atom. The third-order valence-electron chi connectivity index (χ3n) is 2.82. The number of aromatic amines is 1. The lowest BCUT2D eigenvalue weighted by Crippen LogP contribution is -2.08. The highest BCUT2D eigenvalue weighted by molar-refractivity contribution is 5.78. The Morgan fingerprint density at radius 1 is 1.40 bits per heavy atom. The van der Waals surface area contributed by atoms with Crippen LogP contribution in [0.5, 0.6) is 0 Å². The van der Waals surface area contributed by atoms with Crippen LogP contribution in [0.15, 0.2) is 12.3 Å². The molecule has 78 valence electrons. The third-order valence-corrected chi connectivity index (χ3v) is 2.82. The fourth-order valence-electron chi connectivity index (χ4n) is 1.92. The second-order valence-corrected chi connectivity index (χ2v) is 4.08. The highest BCUT2D eigenvalue weighted by atomic mass is 15.0. The van der Waals surface area contributed by atoms with E-state index >= 15 is 0 Å². The summed E-state index contributed by atoms with van der Waals surface area (Å²) in [7, 11) is 0. The van der Waals surface area contributed by atoms with E-state index in [1.165, 1.54) is 23.9 Å². The summed E-state index contributed by atoms with van der Waals surface area (Å²) in [5.74, 6) is 1.53. The molecule has 3 N–H and O–H groups in total. The molecular formula is C11H14N4. The van der Waals surface area contributed by atoms with E-state index in [9.17, 15) is 0 Å². The second-order valence-electron chi connectivity index (χ2n) is 4.08. The van der Waals surface area contributed by atoms with Gasteiger partial charge in [-0.05, 0) is 25.5 Å². The zero-order chi connectivity index (χ0) is 10.3. The Labute approximate surface area is 87.9 Å². The largest absolute Gasteiger partial charge is 0.346 e. The Kier molecular flexibility index (Phi) is 1.95. The molecule has 2 aromatic rings. The summed E-state index contributed by atoms with van der Waals surface area (Å²) in [6, 6.07) is 2.06. The number of H-pyrrole nitrogens is 1. The molecule has 4 heteroatoms. The van der Waals surface area contributed by atoms with Gasteiger partial charge in [-0.3, -0.25) is 0 Å². The average Bonchev–Trinajstić information content (AvgIpc) is 2.97. The first kappa shape index (κ1) is 8.85. The van der Waals surface area contributed by atoms with Gasteiger partial charge in [0.1, 0.15) is 11.5 Å². The quantitative estimate of drug-likeness (QED) is 0.789. The summed E-state index contributed by atoms with van der Waals surface area (Å²) in [4.78, 5) is 12.2. The van der Waals surface area contributed by atoms with Gasteiger partial charge in [0.2, 0.25) is 0 Å². The molecule has 0 amide bonds. The molecule has 0 atom stereocenters. The van der Waals surface area contributed by atoms with Crippen molar-refractivity contribution in [2.24, 2.45) is 5.73 Å². The number of rotatable bonds is 3. The number of hydrogen-bond donors (Lipinski definition) is 2. The van der Waals surface area contributed by atoms with Crippen LogP contribution in [0.3, 0.4) is 0 Å². The number of aromatic nitrogens is 3. The Morgan fingerprint density at radius 2 is 2.27 bits per heavy atom. The van der Waals surface area contributed by atoms with E-state index in [4.69, 9.17) is 5.73 Å². The lowest BCUT2D eigenvalue weighted by atomic mass is 10.2. The molecular weight excluding hydrogens is 188 g/mol. The van der Waals surface area contributed by atoms with Crippen molar-refractivity contribution in [1.82, 2.24) is 15.0 Å². The summed E-state index contributed by atoms with van der Waals surface area (Å²) in [5, 5.41) is 1.18. The van der Waals surface area contributed by atoms with Crippen LogP contribution in [0.2, 0.25) is 0 Å². The second kappa shape index (κ2) is 3.31. The zero-order valence-corrected chi connectivity index (χ0v) is 8.53. The molecule has 15 heavy (non-hydrogen) atoms. The molecule has 0 unspecified atom stereocenters. The van der Waals surface area contributed by atoms with Gasteiger partial charge in [-0.1, -0.05) is 0 Å². The summed E-state index contributed by atoms with van der Waals surface area (Å²) in [6.45, 7) is 0.607. The first-order valence-corrected chi connectivity index (χ1v) is 5.42. The molecule has 1 fully saturated rings. The highest BCUT2D eigenvalue weighted by Crippen LogP contribution is 2.41. The van der Waals surface area contributed by atoms with Crippen molar-refractivity contribution in [1.29, 1.82) is 0 Å². The van der Waals surface area contributed by atoms with Crippen molar-refractivity contribution in [3.05, 3.63) is 23.8 Å². The molecule has 0 saturated heterocycles. The van der Waals surface area contributed by atoms with Gasteiger partial charge in [0.25, 0.3) is 0 Å². The van der Waals surface area contributed by atoms with Gasteiger partial charge in [0.15, 0.2) is 0 Å². The average molecular weight is 202 g/mol.